The van der Waals surface area contributed by atoms with Crippen LogP contribution in [0.3, 0.4) is 0 Å². The van der Waals surface area contributed by atoms with Gasteiger partial charge in [0.2, 0.25) is 5.91 Å². The predicted molar refractivity (Wildman–Crippen MR) is 145 cm³/mol. The molecule has 35 heavy (non-hydrogen) atoms. The van der Waals surface area contributed by atoms with Crippen LogP contribution in [0.2, 0.25) is 0 Å². The number of likely N-dealkylation sites (tertiary alicyclic amines) is 1. The van der Waals surface area contributed by atoms with Gasteiger partial charge in [-0.15, -0.1) is 0 Å². The highest BCUT2D eigenvalue weighted by molar-refractivity contribution is 5.97. The molecule has 2 N–H and O–H groups in total. The van der Waals surface area contributed by atoms with Crippen LogP contribution in [-0.2, 0) is 6.42 Å². The summed E-state index contributed by atoms with van der Waals surface area (Å²) in [6, 6.07) is 15.0. The Morgan fingerprint density at radius 3 is 2.60 bits per heavy atom. The molecule has 0 saturated carbocycles. The second-order valence-corrected chi connectivity index (χ2v) is 9.61. The first kappa shape index (κ1) is 25.1. The van der Waals surface area contributed by atoms with E-state index >= 15 is 0 Å². The van der Waals surface area contributed by atoms with Crippen LogP contribution in [0.4, 0.5) is 5.69 Å². The molecule has 1 fully saturated rings. The highest BCUT2D eigenvalue weighted by Crippen LogP contribution is 2.30. The molecule has 2 heterocycles. The van der Waals surface area contributed by atoms with E-state index in [4.69, 9.17) is 10.5 Å². The van der Waals surface area contributed by atoms with Crippen molar-refractivity contribution in [1.82, 2.24) is 9.47 Å². The SMILES string of the molecule is CCCCN(CC)c1ccc(OC)c(CCN2CCC(n3ccc4ccc(C(N)=O)cc43)CC2)c1. The first-order valence-corrected chi connectivity index (χ1v) is 13.1. The smallest absolute Gasteiger partial charge is 0.248 e. The van der Waals surface area contributed by atoms with Gasteiger partial charge in [-0.2, -0.15) is 0 Å². The van der Waals surface area contributed by atoms with Crippen LogP contribution >= 0.6 is 0 Å². The average Bonchev–Trinajstić information content (AvgIpc) is 3.31. The molecule has 6 nitrogen and oxygen atoms in total. The van der Waals surface area contributed by atoms with E-state index in [1.807, 2.05) is 18.2 Å². The third-order valence-electron chi connectivity index (χ3n) is 7.45. The van der Waals surface area contributed by atoms with Crippen molar-refractivity contribution in [3.05, 3.63) is 59.8 Å². The normalized spacial score (nSPS) is 14.9. The van der Waals surface area contributed by atoms with Gasteiger partial charge >= 0.3 is 0 Å². The number of anilines is 1. The Bertz CT molecular complexity index is 1130. The Kier molecular flexibility index (Phi) is 8.34. The number of unbranched alkanes of at least 4 members (excludes halogenated alkanes) is 1. The maximum absolute atomic E-state index is 11.6. The summed E-state index contributed by atoms with van der Waals surface area (Å²) in [5.41, 5.74) is 9.77. The molecule has 1 aromatic heterocycles. The fourth-order valence-electron chi connectivity index (χ4n) is 5.30. The van der Waals surface area contributed by atoms with E-state index in [-0.39, 0.29) is 5.91 Å². The topological polar surface area (TPSA) is 63.7 Å². The zero-order valence-electron chi connectivity index (χ0n) is 21.5. The first-order valence-electron chi connectivity index (χ1n) is 13.1. The van der Waals surface area contributed by atoms with Crippen molar-refractivity contribution in [2.24, 2.45) is 5.73 Å². The molecular weight excluding hydrogens is 436 g/mol. The summed E-state index contributed by atoms with van der Waals surface area (Å²) < 4.78 is 8.03. The van der Waals surface area contributed by atoms with E-state index in [2.05, 4.69) is 58.7 Å². The highest BCUT2D eigenvalue weighted by Gasteiger charge is 2.22. The molecule has 0 radical (unpaired) electrons. The lowest BCUT2D eigenvalue weighted by atomic mass is 10.0. The minimum atomic E-state index is -0.374. The van der Waals surface area contributed by atoms with Gasteiger partial charge in [0, 0.05) is 61.7 Å². The minimum absolute atomic E-state index is 0.374. The van der Waals surface area contributed by atoms with E-state index in [1.54, 1.807) is 7.11 Å². The number of rotatable bonds is 11. The summed E-state index contributed by atoms with van der Waals surface area (Å²) in [5.74, 6) is 0.612. The van der Waals surface area contributed by atoms with Crippen LogP contribution in [0, 0.1) is 0 Å². The van der Waals surface area contributed by atoms with Crippen molar-refractivity contribution in [3.63, 3.8) is 0 Å². The molecule has 1 amide bonds. The Balaban J connectivity index is 1.38. The number of fused-ring (bicyclic) bond motifs is 1. The lowest BCUT2D eigenvalue weighted by Crippen LogP contribution is -2.36. The number of hydrogen-bond donors (Lipinski definition) is 1. The van der Waals surface area contributed by atoms with Crippen molar-refractivity contribution in [2.45, 2.75) is 52.0 Å². The standard InChI is InChI=1S/C29H40N4O2/c1-4-6-15-32(5-2)26-9-10-28(35-3)23(20-26)11-16-31-17-13-25(14-18-31)33-19-12-22-7-8-24(29(30)34)21-27(22)33/h7-10,12,19-21,25H,4-6,11,13-18H2,1-3H3,(H2,30,34). The Morgan fingerprint density at radius 1 is 1.11 bits per heavy atom. The molecule has 4 rings (SSSR count). The van der Waals surface area contributed by atoms with Gasteiger partial charge in [0.1, 0.15) is 5.75 Å². The number of hydrogen-bond acceptors (Lipinski definition) is 4. The van der Waals surface area contributed by atoms with Crippen molar-refractivity contribution >= 4 is 22.5 Å². The molecule has 0 bridgehead atoms. The van der Waals surface area contributed by atoms with Gasteiger partial charge in [-0.05, 0) is 80.0 Å². The molecule has 0 atom stereocenters. The molecule has 0 aliphatic carbocycles. The molecule has 0 unspecified atom stereocenters. The van der Waals surface area contributed by atoms with Gasteiger partial charge in [-0.25, -0.2) is 0 Å². The number of aromatic nitrogens is 1. The molecular formula is C29H40N4O2. The third-order valence-corrected chi connectivity index (χ3v) is 7.45. The van der Waals surface area contributed by atoms with Crippen LogP contribution in [0.25, 0.3) is 10.9 Å². The molecule has 1 aliphatic heterocycles. The minimum Gasteiger partial charge on any atom is -0.496 e. The van der Waals surface area contributed by atoms with Crippen molar-refractivity contribution in [1.29, 1.82) is 0 Å². The number of nitrogens with zero attached hydrogens (tertiary/aromatic N) is 3. The van der Waals surface area contributed by atoms with Crippen molar-refractivity contribution < 1.29 is 9.53 Å². The fourth-order valence-corrected chi connectivity index (χ4v) is 5.30. The summed E-state index contributed by atoms with van der Waals surface area (Å²) in [5, 5.41) is 1.16. The van der Waals surface area contributed by atoms with E-state index in [1.165, 1.54) is 24.1 Å². The second-order valence-electron chi connectivity index (χ2n) is 9.61. The van der Waals surface area contributed by atoms with Crippen molar-refractivity contribution in [2.75, 3.05) is 44.7 Å². The van der Waals surface area contributed by atoms with E-state index in [9.17, 15) is 4.79 Å². The van der Waals surface area contributed by atoms with E-state index in [0.29, 0.717) is 11.6 Å². The van der Waals surface area contributed by atoms with Crippen molar-refractivity contribution in [3.8, 4) is 5.75 Å². The van der Waals surface area contributed by atoms with Gasteiger partial charge in [-0.3, -0.25) is 4.79 Å². The van der Waals surface area contributed by atoms with Gasteiger partial charge < -0.3 is 24.8 Å². The molecule has 2 aromatic carbocycles. The van der Waals surface area contributed by atoms with Crippen LogP contribution < -0.4 is 15.4 Å². The number of ether oxygens (including phenoxy) is 1. The Hall–Kier alpha value is -2.99. The summed E-state index contributed by atoms with van der Waals surface area (Å²) in [4.78, 5) is 16.7. The number of primary amides is 1. The molecule has 188 valence electrons. The third kappa shape index (κ3) is 5.81. The average molecular weight is 477 g/mol. The number of benzene rings is 2. The maximum Gasteiger partial charge on any atom is 0.248 e. The van der Waals surface area contributed by atoms with Gasteiger partial charge in [-0.1, -0.05) is 19.4 Å². The zero-order chi connectivity index (χ0) is 24.8. The lowest BCUT2D eigenvalue weighted by molar-refractivity contribution is 0.100. The van der Waals surface area contributed by atoms with Gasteiger partial charge in [0.15, 0.2) is 0 Å². The van der Waals surface area contributed by atoms with Crippen LogP contribution in [0.5, 0.6) is 5.75 Å². The van der Waals surface area contributed by atoms with Crippen LogP contribution in [0.1, 0.15) is 61.5 Å². The molecule has 1 saturated heterocycles. The number of amides is 1. The van der Waals surface area contributed by atoms with E-state index in [0.717, 1.165) is 68.6 Å². The molecule has 1 aliphatic rings. The fraction of sp³-hybridized carbons (Fsp3) is 0.483. The number of piperidine rings is 1. The Morgan fingerprint density at radius 2 is 1.91 bits per heavy atom. The monoisotopic (exact) mass is 476 g/mol. The summed E-state index contributed by atoms with van der Waals surface area (Å²) in [6.07, 6.45) is 7.77. The van der Waals surface area contributed by atoms with Gasteiger partial charge in [0.05, 0.1) is 7.11 Å². The summed E-state index contributed by atoms with van der Waals surface area (Å²) >= 11 is 0. The predicted octanol–water partition coefficient (Wildman–Crippen LogP) is 5.25. The number of carbonyl (C=O) groups excluding carboxylic acids is 1. The molecule has 6 heteroatoms. The summed E-state index contributed by atoms with van der Waals surface area (Å²) in [7, 11) is 1.77. The number of methoxy groups -OCH3 is 1. The highest BCUT2D eigenvalue weighted by atomic mass is 16.5. The maximum atomic E-state index is 11.6. The molecule has 3 aromatic rings. The van der Waals surface area contributed by atoms with E-state index < -0.39 is 0 Å². The zero-order valence-corrected chi connectivity index (χ0v) is 21.5. The first-order chi connectivity index (χ1) is 17.0. The Labute approximate surface area is 209 Å². The largest absolute Gasteiger partial charge is 0.496 e. The lowest BCUT2D eigenvalue weighted by Gasteiger charge is -2.33. The number of carbonyl (C=O) groups is 1. The van der Waals surface area contributed by atoms with Crippen LogP contribution in [-0.4, -0.2) is 55.2 Å². The number of nitrogens with two attached hydrogens (primary N) is 1. The quantitative estimate of drug-likeness (QED) is 0.410. The summed E-state index contributed by atoms with van der Waals surface area (Å²) in [6.45, 7) is 9.76. The second kappa shape index (κ2) is 11.6. The van der Waals surface area contributed by atoms with Gasteiger partial charge in [0.25, 0.3) is 0 Å². The van der Waals surface area contributed by atoms with Crippen LogP contribution in [0.15, 0.2) is 48.7 Å². The molecule has 0 spiro atoms.